The number of anilines is 1. The second-order valence-electron chi connectivity index (χ2n) is 4.63. The Morgan fingerprint density at radius 1 is 1.09 bits per heavy atom. The van der Waals surface area contributed by atoms with Gasteiger partial charge in [-0.25, -0.2) is 21.6 Å². The molecule has 2 rings (SSSR count). The van der Waals surface area contributed by atoms with Gasteiger partial charge in [0.2, 0.25) is 0 Å². The molecule has 0 aliphatic rings. The molecule has 0 bridgehead atoms. The summed E-state index contributed by atoms with van der Waals surface area (Å²) in [6.45, 7) is 0. The zero-order valence-electron chi connectivity index (χ0n) is 11.5. The predicted octanol–water partition coefficient (Wildman–Crippen LogP) is 3.41. The molecular formula is C14H9ClF3NO3S. The molecule has 0 aromatic heterocycles. The molecule has 9 heteroatoms. The lowest BCUT2D eigenvalue weighted by molar-refractivity contribution is 0.102. The molecule has 0 radical (unpaired) electrons. The van der Waals surface area contributed by atoms with Crippen molar-refractivity contribution in [2.45, 2.75) is 4.90 Å². The summed E-state index contributed by atoms with van der Waals surface area (Å²) in [5, 5.41) is 2.07. The van der Waals surface area contributed by atoms with Crippen molar-refractivity contribution in [2.75, 3.05) is 11.6 Å². The van der Waals surface area contributed by atoms with Crippen LogP contribution in [0.1, 0.15) is 10.4 Å². The lowest BCUT2D eigenvalue weighted by Gasteiger charge is -2.08. The minimum atomic E-state index is -3.66. The third-order valence-electron chi connectivity index (χ3n) is 2.83. The Balaban J connectivity index is 2.35. The Hall–Kier alpha value is -2.06. The molecule has 0 fully saturated rings. The van der Waals surface area contributed by atoms with Gasteiger partial charge in [-0.15, -0.1) is 0 Å². The molecule has 4 nitrogen and oxygen atoms in total. The van der Waals surface area contributed by atoms with Crippen molar-refractivity contribution in [2.24, 2.45) is 0 Å². The van der Waals surface area contributed by atoms with Gasteiger partial charge in [-0.05, 0) is 18.2 Å². The minimum Gasteiger partial charge on any atom is -0.322 e. The van der Waals surface area contributed by atoms with E-state index in [2.05, 4.69) is 5.32 Å². The molecule has 0 unspecified atom stereocenters. The first-order valence-corrected chi connectivity index (χ1v) is 8.32. The van der Waals surface area contributed by atoms with Crippen molar-refractivity contribution in [1.29, 1.82) is 0 Å². The van der Waals surface area contributed by atoms with Crippen LogP contribution in [0, 0.1) is 17.5 Å². The Bertz CT molecular complexity index is 877. The van der Waals surface area contributed by atoms with Gasteiger partial charge in [0.05, 0.1) is 9.92 Å². The van der Waals surface area contributed by atoms with E-state index in [1.807, 2.05) is 0 Å². The van der Waals surface area contributed by atoms with E-state index >= 15 is 0 Å². The molecule has 0 aliphatic carbocycles. The fraction of sp³-hybridized carbons (Fsp3) is 0.0714. The number of halogens is 4. The van der Waals surface area contributed by atoms with E-state index in [1.165, 1.54) is 12.1 Å². The van der Waals surface area contributed by atoms with E-state index in [9.17, 15) is 26.4 Å². The third-order valence-corrected chi connectivity index (χ3v) is 4.41. The first-order chi connectivity index (χ1) is 10.6. The summed E-state index contributed by atoms with van der Waals surface area (Å²) in [6.07, 6.45) is 0.917. The molecule has 122 valence electrons. The number of carbonyl (C=O) groups excluding carboxylic acids is 1. The van der Waals surface area contributed by atoms with Crippen LogP contribution in [0.4, 0.5) is 18.9 Å². The Morgan fingerprint density at radius 3 is 2.17 bits per heavy atom. The quantitative estimate of drug-likeness (QED) is 0.850. The van der Waals surface area contributed by atoms with Gasteiger partial charge in [-0.1, -0.05) is 11.6 Å². The highest BCUT2D eigenvalue weighted by Crippen LogP contribution is 2.24. The van der Waals surface area contributed by atoms with Gasteiger partial charge in [0.15, 0.2) is 27.3 Å². The summed E-state index contributed by atoms with van der Waals surface area (Å²) in [4.78, 5) is 11.8. The van der Waals surface area contributed by atoms with Gasteiger partial charge in [0.25, 0.3) is 5.91 Å². The van der Waals surface area contributed by atoms with E-state index < -0.39 is 33.2 Å². The number of rotatable bonds is 3. The van der Waals surface area contributed by atoms with Gasteiger partial charge in [-0.3, -0.25) is 4.79 Å². The minimum absolute atomic E-state index is 0.0667. The molecule has 23 heavy (non-hydrogen) atoms. The summed E-state index contributed by atoms with van der Waals surface area (Å²) >= 11 is 5.75. The van der Waals surface area contributed by atoms with E-state index in [0.29, 0.717) is 12.1 Å². The van der Waals surface area contributed by atoms with Crippen LogP contribution in [0.3, 0.4) is 0 Å². The van der Waals surface area contributed by atoms with E-state index in [1.54, 1.807) is 0 Å². The van der Waals surface area contributed by atoms with Crippen LogP contribution >= 0.6 is 11.6 Å². The fourth-order valence-electron chi connectivity index (χ4n) is 1.76. The zero-order valence-corrected chi connectivity index (χ0v) is 13.1. The predicted molar refractivity (Wildman–Crippen MR) is 78.8 cm³/mol. The number of hydrogen-bond acceptors (Lipinski definition) is 3. The van der Waals surface area contributed by atoms with Crippen molar-refractivity contribution >= 4 is 33.0 Å². The van der Waals surface area contributed by atoms with Crippen molar-refractivity contribution < 1.29 is 26.4 Å². The third kappa shape index (κ3) is 3.83. The molecule has 2 aromatic carbocycles. The molecule has 0 aliphatic heterocycles. The normalized spacial score (nSPS) is 11.3. The standard InChI is InChI=1S/C14H9ClF3NO3S/c1-23(21,22)12-4-7(2-3-9(12)15)14(20)19-8-5-10(16)13(18)11(17)6-8/h2-6H,1H3,(H,19,20). The molecule has 0 atom stereocenters. The maximum absolute atomic E-state index is 13.1. The number of carbonyl (C=O) groups is 1. The van der Waals surface area contributed by atoms with Gasteiger partial charge < -0.3 is 5.32 Å². The van der Waals surface area contributed by atoms with E-state index in [-0.39, 0.29) is 21.2 Å². The molecule has 1 amide bonds. The average molecular weight is 364 g/mol. The maximum Gasteiger partial charge on any atom is 0.255 e. The van der Waals surface area contributed by atoms with Crippen LogP contribution in [0.5, 0.6) is 0 Å². The summed E-state index contributed by atoms with van der Waals surface area (Å²) < 4.78 is 62.2. The first kappa shape index (κ1) is 17.3. The lowest BCUT2D eigenvalue weighted by atomic mass is 10.2. The topological polar surface area (TPSA) is 63.2 Å². The Labute approximate surface area is 134 Å². The molecule has 0 spiro atoms. The summed E-state index contributed by atoms with van der Waals surface area (Å²) in [5.74, 6) is -5.42. The Kier molecular flexibility index (Phi) is 4.67. The highest BCUT2D eigenvalue weighted by atomic mass is 35.5. The van der Waals surface area contributed by atoms with Crippen molar-refractivity contribution in [1.82, 2.24) is 0 Å². The summed E-state index contributed by atoms with van der Waals surface area (Å²) in [6, 6.07) is 4.68. The van der Waals surface area contributed by atoms with Gasteiger partial charge in [0.1, 0.15) is 0 Å². The molecule has 0 saturated carbocycles. The van der Waals surface area contributed by atoms with Crippen LogP contribution < -0.4 is 5.32 Å². The number of hydrogen-bond donors (Lipinski definition) is 1. The zero-order chi connectivity index (χ0) is 17.4. The van der Waals surface area contributed by atoms with E-state index in [4.69, 9.17) is 11.6 Å². The number of amides is 1. The first-order valence-electron chi connectivity index (χ1n) is 6.05. The molecule has 2 aromatic rings. The molecule has 1 N–H and O–H groups in total. The summed E-state index contributed by atoms with van der Waals surface area (Å²) in [7, 11) is -3.66. The lowest BCUT2D eigenvalue weighted by Crippen LogP contribution is -2.13. The van der Waals surface area contributed by atoms with Gasteiger partial charge in [-0.2, -0.15) is 0 Å². The molecular weight excluding hydrogens is 355 g/mol. The maximum atomic E-state index is 13.1. The highest BCUT2D eigenvalue weighted by Gasteiger charge is 2.17. The van der Waals surface area contributed by atoms with Gasteiger partial charge in [0, 0.05) is 29.6 Å². The van der Waals surface area contributed by atoms with Crippen LogP contribution in [0.15, 0.2) is 35.2 Å². The van der Waals surface area contributed by atoms with Crippen LogP contribution in [0.2, 0.25) is 5.02 Å². The smallest absolute Gasteiger partial charge is 0.255 e. The van der Waals surface area contributed by atoms with Crippen molar-refractivity contribution in [3.05, 3.63) is 58.4 Å². The van der Waals surface area contributed by atoms with E-state index in [0.717, 1.165) is 12.3 Å². The molecule has 0 saturated heterocycles. The fourth-order valence-corrected chi connectivity index (χ4v) is 3.06. The number of sulfone groups is 1. The average Bonchev–Trinajstić information content (AvgIpc) is 2.43. The van der Waals surface area contributed by atoms with Crippen molar-refractivity contribution in [3.8, 4) is 0 Å². The summed E-state index contributed by atoms with van der Waals surface area (Å²) in [5.41, 5.74) is -0.415. The second kappa shape index (κ2) is 6.21. The SMILES string of the molecule is CS(=O)(=O)c1cc(C(=O)Nc2cc(F)c(F)c(F)c2)ccc1Cl. The second-order valence-corrected chi connectivity index (χ2v) is 7.02. The Morgan fingerprint density at radius 2 is 1.65 bits per heavy atom. The van der Waals surface area contributed by atoms with Crippen LogP contribution in [-0.2, 0) is 9.84 Å². The number of benzene rings is 2. The largest absolute Gasteiger partial charge is 0.322 e. The van der Waals surface area contributed by atoms with Crippen LogP contribution in [0.25, 0.3) is 0 Å². The van der Waals surface area contributed by atoms with Crippen molar-refractivity contribution in [3.63, 3.8) is 0 Å². The number of nitrogens with one attached hydrogen (secondary N) is 1. The monoisotopic (exact) mass is 363 g/mol. The van der Waals surface area contributed by atoms with Gasteiger partial charge >= 0.3 is 0 Å². The highest BCUT2D eigenvalue weighted by molar-refractivity contribution is 7.90. The molecule has 0 heterocycles. The van der Waals surface area contributed by atoms with Crippen LogP contribution in [-0.4, -0.2) is 20.6 Å².